The third-order valence-electron chi connectivity index (χ3n) is 5.46. The molecule has 1 amide bonds. The van der Waals surface area contributed by atoms with Gasteiger partial charge in [0, 0.05) is 31.7 Å². The molecule has 0 bridgehead atoms. The van der Waals surface area contributed by atoms with Crippen LogP contribution in [-0.2, 0) is 16.6 Å². The maximum Gasteiger partial charge on any atom is 0.251 e. The van der Waals surface area contributed by atoms with Gasteiger partial charge in [-0.2, -0.15) is 4.31 Å². The Morgan fingerprint density at radius 3 is 2.52 bits per heavy atom. The van der Waals surface area contributed by atoms with Crippen LogP contribution < -0.4 is 5.32 Å². The number of hydrogen-bond donors (Lipinski definition) is 1. The summed E-state index contributed by atoms with van der Waals surface area (Å²) in [6.07, 6.45) is 0.739. The molecule has 0 radical (unpaired) electrons. The third-order valence-corrected chi connectivity index (χ3v) is 7.65. The normalized spacial score (nSPS) is 11.9. The fourth-order valence-electron chi connectivity index (χ4n) is 3.74. The van der Waals surface area contributed by atoms with Crippen LogP contribution in [0.25, 0.3) is 11.0 Å². The number of carbonyl (C=O) groups is 1. The fourth-order valence-corrected chi connectivity index (χ4v) is 5.45. The van der Waals surface area contributed by atoms with Crippen molar-refractivity contribution in [2.45, 2.75) is 45.6 Å². The standard InChI is InChI=1S/C23H30N4O3S/c1-5-26(6-2)31(29,30)22-16-19(13-12-17(22)3)23(28)24-14-9-15-27-18(4)25-20-10-7-8-11-21(20)27/h7-8,10-13,16H,5-6,9,14-15H2,1-4H3,(H,24,28). The molecule has 1 heterocycles. The van der Waals surface area contributed by atoms with E-state index in [0.717, 1.165) is 29.8 Å². The number of rotatable bonds is 9. The van der Waals surface area contributed by atoms with Gasteiger partial charge in [-0.25, -0.2) is 13.4 Å². The number of nitrogens with zero attached hydrogens (tertiary/aromatic N) is 3. The van der Waals surface area contributed by atoms with Gasteiger partial charge in [0.05, 0.1) is 15.9 Å². The number of para-hydroxylation sites is 2. The number of carbonyl (C=O) groups excluding carboxylic acids is 1. The Morgan fingerprint density at radius 2 is 1.81 bits per heavy atom. The summed E-state index contributed by atoms with van der Waals surface area (Å²) in [7, 11) is -3.63. The molecule has 3 rings (SSSR count). The van der Waals surface area contributed by atoms with E-state index in [0.29, 0.717) is 30.8 Å². The van der Waals surface area contributed by atoms with E-state index in [2.05, 4.69) is 14.9 Å². The largest absolute Gasteiger partial charge is 0.352 e. The zero-order valence-electron chi connectivity index (χ0n) is 18.6. The second kappa shape index (κ2) is 9.62. The number of aromatic nitrogens is 2. The highest BCUT2D eigenvalue weighted by Gasteiger charge is 2.24. The van der Waals surface area contributed by atoms with Gasteiger partial charge in [-0.3, -0.25) is 4.79 Å². The molecule has 1 N–H and O–H groups in total. The molecule has 0 aliphatic carbocycles. The molecule has 166 valence electrons. The summed E-state index contributed by atoms with van der Waals surface area (Å²) in [5, 5.41) is 2.90. The van der Waals surface area contributed by atoms with Crippen molar-refractivity contribution < 1.29 is 13.2 Å². The van der Waals surface area contributed by atoms with Crippen LogP contribution >= 0.6 is 0 Å². The molecule has 0 spiro atoms. The first kappa shape index (κ1) is 23.0. The Bertz CT molecular complexity index is 1180. The first-order valence-corrected chi connectivity index (χ1v) is 12.0. The summed E-state index contributed by atoms with van der Waals surface area (Å²) in [5.41, 5.74) is 3.02. The predicted octanol–water partition coefficient (Wildman–Crippen LogP) is 3.50. The number of imidazole rings is 1. The maximum atomic E-state index is 12.9. The Balaban J connectivity index is 1.66. The number of benzene rings is 2. The Morgan fingerprint density at radius 1 is 1.10 bits per heavy atom. The highest BCUT2D eigenvalue weighted by Crippen LogP contribution is 2.21. The van der Waals surface area contributed by atoms with Gasteiger partial charge in [-0.05, 0) is 50.1 Å². The lowest BCUT2D eigenvalue weighted by atomic mass is 10.1. The van der Waals surface area contributed by atoms with Gasteiger partial charge < -0.3 is 9.88 Å². The molecule has 0 aliphatic rings. The van der Waals surface area contributed by atoms with Gasteiger partial charge in [0.25, 0.3) is 5.91 Å². The van der Waals surface area contributed by atoms with E-state index in [1.807, 2.05) is 31.2 Å². The molecule has 0 unspecified atom stereocenters. The summed E-state index contributed by atoms with van der Waals surface area (Å²) >= 11 is 0. The summed E-state index contributed by atoms with van der Waals surface area (Å²) in [5.74, 6) is 0.667. The van der Waals surface area contributed by atoms with Crippen LogP contribution in [0.15, 0.2) is 47.4 Å². The van der Waals surface area contributed by atoms with E-state index >= 15 is 0 Å². The van der Waals surface area contributed by atoms with Gasteiger partial charge in [-0.15, -0.1) is 0 Å². The number of sulfonamides is 1. The van der Waals surface area contributed by atoms with Crippen LogP contribution in [-0.4, -0.2) is 47.8 Å². The van der Waals surface area contributed by atoms with Crippen LogP contribution in [0.5, 0.6) is 0 Å². The molecule has 0 atom stereocenters. The summed E-state index contributed by atoms with van der Waals surface area (Å²) < 4.78 is 29.4. The minimum Gasteiger partial charge on any atom is -0.352 e. The fraction of sp³-hybridized carbons (Fsp3) is 0.391. The quantitative estimate of drug-likeness (QED) is 0.514. The van der Waals surface area contributed by atoms with Crippen molar-refractivity contribution in [3.63, 3.8) is 0 Å². The number of amides is 1. The minimum absolute atomic E-state index is 0.185. The SMILES string of the molecule is CCN(CC)S(=O)(=O)c1cc(C(=O)NCCCn2c(C)nc3ccccc32)ccc1C. The molecule has 8 heteroatoms. The molecule has 7 nitrogen and oxygen atoms in total. The highest BCUT2D eigenvalue weighted by molar-refractivity contribution is 7.89. The number of aryl methyl sites for hydroxylation is 3. The van der Waals surface area contributed by atoms with Crippen LogP contribution in [0.2, 0.25) is 0 Å². The number of fused-ring (bicyclic) bond motifs is 1. The topological polar surface area (TPSA) is 84.3 Å². The lowest BCUT2D eigenvalue weighted by Gasteiger charge is -2.20. The zero-order chi connectivity index (χ0) is 22.6. The summed E-state index contributed by atoms with van der Waals surface area (Å²) in [6, 6.07) is 12.8. The zero-order valence-corrected chi connectivity index (χ0v) is 19.4. The predicted molar refractivity (Wildman–Crippen MR) is 123 cm³/mol. The Hall–Kier alpha value is -2.71. The monoisotopic (exact) mass is 442 g/mol. The molecule has 0 fully saturated rings. The molecule has 1 aromatic heterocycles. The van der Waals surface area contributed by atoms with E-state index in [9.17, 15) is 13.2 Å². The molecule has 31 heavy (non-hydrogen) atoms. The van der Waals surface area contributed by atoms with Crippen molar-refractivity contribution in [3.05, 3.63) is 59.4 Å². The Kier molecular flexibility index (Phi) is 7.12. The van der Waals surface area contributed by atoms with Crippen LogP contribution in [0.3, 0.4) is 0 Å². The van der Waals surface area contributed by atoms with E-state index < -0.39 is 10.0 Å². The van der Waals surface area contributed by atoms with Crippen molar-refractivity contribution in [2.75, 3.05) is 19.6 Å². The average Bonchev–Trinajstić information content (AvgIpc) is 3.07. The highest BCUT2D eigenvalue weighted by atomic mass is 32.2. The van der Waals surface area contributed by atoms with Crippen LogP contribution in [0.1, 0.15) is 42.0 Å². The molecular weight excluding hydrogens is 412 g/mol. The van der Waals surface area contributed by atoms with Crippen LogP contribution in [0, 0.1) is 13.8 Å². The maximum absolute atomic E-state index is 12.9. The van der Waals surface area contributed by atoms with Gasteiger partial charge in [0.1, 0.15) is 5.82 Å². The van der Waals surface area contributed by atoms with E-state index in [-0.39, 0.29) is 10.8 Å². The lowest BCUT2D eigenvalue weighted by molar-refractivity contribution is 0.0952. The van der Waals surface area contributed by atoms with Gasteiger partial charge >= 0.3 is 0 Å². The molecule has 3 aromatic rings. The van der Waals surface area contributed by atoms with Crippen molar-refractivity contribution >= 4 is 27.0 Å². The summed E-state index contributed by atoms with van der Waals surface area (Å²) in [4.78, 5) is 17.4. The second-order valence-corrected chi connectivity index (χ2v) is 9.38. The summed E-state index contributed by atoms with van der Waals surface area (Å²) in [6.45, 7) is 9.32. The van der Waals surface area contributed by atoms with E-state index in [4.69, 9.17) is 0 Å². The van der Waals surface area contributed by atoms with Crippen LogP contribution in [0.4, 0.5) is 0 Å². The smallest absolute Gasteiger partial charge is 0.251 e. The average molecular weight is 443 g/mol. The first-order chi connectivity index (χ1) is 14.8. The molecular formula is C23H30N4O3S. The molecule has 0 saturated carbocycles. The number of nitrogens with one attached hydrogen (secondary N) is 1. The van der Waals surface area contributed by atoms with Crippen molar-refractivity contribution in [1.82, 2.24) is 19.2 Å². The van der Waals surface area contributed by atoms with Crippen molar-refractivity contribution in [3.8, 4) is 0 Å². The third kappa shape index (κ3) is 4.80. The number of hydrogen-bond acceptors (Lipinski definition) is 4. The molecule has 0 saturated heterocycles. The van der Waals surface area contributed by atoms with Gasteiger partial charge in [0.15, 0.2) is 0 Å². The lowest BCUT2D eigenvalue weighted by Crippen LogP contribution is -2.31. The molecule has 2 aromatic carbocycles. The van der Waals surface area contributed by atoms with Gasteiger partial charge in [-0.1, -0.05) is 32.0 Å². The minimum atomic E-state index is -3.63. The van der Waals surface area contributed by atoms with E-state index in [1.165, 1.54) is 10.4 Å². The first-order valence-electron chi connectivity index (χ1n) is 10.6. The Labute approximate surface area is 184 Å². The van der Waals surface area contributed by atoms with Crippen molar-refractivity contribution in [2.24, 2.45) is 0 Å². The van der Waals surface area contributed by atoms with Gasteiger partial charge in [0.2, 0.25) is 10.0 Å². The van der Waals surface area contributed by atoms with E-state index in [1.54, 1.807) is 32.9 Å². The van der Waals surface area contributed by atoms with Crippen molar-refractivity contribution in [1.29, 1.82) is 0 Å². The molecule has 0 aliphatic heterocycles. The second-order valence-electron chi connectivity index (χ2n) is 7.48.